The largest absolute Gasteiger partial charge is 0.465 e. The number of halogens is 2. The van der Waals surface area contributed by atoms with E-state index in [4.69, 9.17) is 11.6 Å². The lowest BCUT2D eigenvalue weighted by atomic mass is 10.2. The number of methoxy groups -OCH3 is 1. The maximum Gasteiger partial charge on any atom is 0.339 e. The standard InChI is InChI=1S/C15H13BrClNO4S/c1-9-3-5-11(17)8-13(9)18-23(20,21)14-6-4-10(16)7-12(14)15(19)22-2/h3-8,18H,1-2H3. The van der Waals surface area contributed by atoms with Gasteiger partial charge in [0.2, 0.25) is 0 Å². The third-order valence-corrected chi connectivity index (χ3v) is 5.23. The highest BCUT2D eigenvalue weighted by Crippen LogP contribution is 2.26. The fraction of sp³-hybridized carbons (Fsp3) is 0.133. The number of anilines is 1. The average Bonchev–Trinajstić information content (AvgIpc) is 2.49. The molecule has 23 heavy (non-hydrogen) atoms. The second-order valence-corrected chi connectivity index (χ2v) is 7.70. The SMILES string of the molecule is COC(=O)c1cc(Br)ccc1S(=O)(=O)Nc1cc(Cl)ccc1C. The molecule has 0 aliphatic heterocycles. The number of sulfonamides is 1. The Labute approximate surface area is 147 Å². The lowest BCUT2D eigenvalue weighted by molar-refractivity contribution is 0.0596. The van der Waals surface area contributed by atoms with Gasteiger partial charge in [-0.25, -0.2) is 13.2 Å². The van der Waals surface area contributed by atoms with Crippen molar-refractivity contribution < 1.29 is 17.9 Å². The van der Waals surface area contributed by atoms with E-state index in [9.17, 15) is 13.2 Å². The Morgan fingerprint density at radius 3 is 2.57 bits per heavy atom. The molecule has 5 nitrogen and oxygen atoms in total. The van der Waals surface area contributed by atoms with Crippen molar-refractivity contribution in [3.8, 4) is 0 Å². The second kappa shape index (κ2) is 6.90. The van der Waals surface area contributed by atoms with Crippen molar-refractivity contribution in [3.05, 3.63) is 57.0 Å². The Balaban J connectivity index is 2.52. The van der Waals surface area contributed by atoms with Crippen LogP contribution >= 0.6 is 27.5 Å². The Hall–Kier alpha value is -1.57. The number of hydrogen-bond donors (Lipinski definition) is 1. The molecule has 1 N–H and O–H groups in total. The van der Waals surface area contributed by atoms with E-state index in [1.165, 1.54) is 31.4 Å². The Kier molecular flexibility index (Phi) is 5.33. The van der Waals surface area contributed by atoms with Gasteiger partial charge < -0.3 is 4.74 Å². The van der Waals surface area contributed by atoms with Gasteiger partial charge in [-0.1, -0.05) is 33.6 Å². The molecule has 0 unspecified atom stereocenters. The van der Waals surface area contributed by atoms with Crippen molar-refractivity contribution in [2.24, 2.45) is 0 Å². The monoisotopic (exact) mass is 417 g/mol. The lowest BCUT2D eigenvalue weighted by Crippen LogP contribution is -2.18. The van der Waals surface area contributed by atoms with Gasteiger partial charge in [-0.2, -0.15) is 0 Å². The number of benzene rings is 2. The Morgan fingerprint density at radius 1 is 1.22 bits per heavy atom. The molecule has 122 valence electrons. The molecule has 2 rings (SSSR count). The first-order chi connectivity index (χ1) is 10.7. The van der Waals surface area contributed by atoms with Crippen molar-refractivity contribution in [3.63, 3.8) is 0 Å². The molecule has 0 aliphatic carbocycles. The summed E-state index contributed by atoms with van der Waals surface area (Å²) in [6, 6.07) is 9.12. The highest BCUT2D eigenvalue weighted by Gasteiger charge is 2.24. The van der Waals surface area contributed by atoms with Crippen LogP contribution in [-0.4, -0.2) is 21.5 Å². The molecule has 0 saturated heterocycles. The molecular formula is C15H13BrClNO4S. The van der Waals surface area contributed by atoms with Gasteiger partial charge in [0, 0.05) is 9.50 Å². The molecule has 0 atom stereocenters. The van der Waals surface area contributed by atoms with Crippen LogP contribution in [0, 0.1) is 6.92 Å². The number of esters is 1. The minimum absolute atomic E-state index is 0.0611. The first-order valence-electron chi connectivity index (χ1n) is 6.41. The van der Waals surface area contributed by atoms with Gasteiger partial charge in [0.15, 0.2) is 0 Å². The van der Waals surface area contributed by atoms with Gasteiger partial charge in [0.25, 0.3) is 10.0 Å². The average molecular weight is 419 g/mol. The summed E-state index contributed by atoms with van der Waals surface area (Å²) in [6.45, 7) is 1.75. The third kappa shape index (κ3) is 4.04. The van der Waals surface area contributed by atoms with E-state index in [0.29, 0.717) is 20.7 Å². The maximum absolute atomic E-state index is 12.6. The number of rotatable bonds is 4. The fourth-order valence-corrected chi connectivity index (χ4v) is 3.74. The molecular weight excluding hydrogens is 406 g/mol. The normalized spacial score (nSPS) is 11.1. The molecule has 2 aromatic carbocycles. The molecule has 0 heterocycles. The number of hydrogen-bond acceptors (Lipinski definition) is 4. The molecule has 8 heteroatoms. The topological polar surface area (TPSA) is 72.5 Å². The number of ether oxygens (including phenoxy) is 1. The second-order valence-electron chi connectivity index (χ2n) is 4.70. The van der Waals surface area contributed by atoms with E-state index in [1.54, 1.807) is 19.1 Å². The summed E-state index contributed by atoms with van der Waals surface area (Å²) in [7, 11) is -2.80. The van der Waals surface area contributed by atoms with E-state index in [-0.39, 0.29) is 10.5 Å². The van der Waals surface area contributed by atoms with Crippen LogP contribution in [0.3, 0.4) is 0 Å². The fourth-order valence-electron chi connectivity index (χ4n) is 1.91. The number of carbonyl (C=O) groups is 1. The first-order valence-corrected chi connectivity index (χ1v) is 9.07. The highest BCUT2D eigenvalue weighted by molar-refractivity contribution is 9.10. The summed E-state index contributed by atoms with van der Waals surface area (Å²) in [5, 5.41) is 0.400. The number of carbonyl (C=O) groups excluding carboxylic acids is 1. The van der Waals surface area contributed by atoms with Gasteiger partial charge in [-0.15, -0.1) is 0 Å². The first kappa shape index (κ1) is 17.8. The van der Waals surface area contributed by atoms with E-state index in [2.05, 4.69) is 25.4 Å². The smallest absolute Gasteiger partial charge is 0.339 e. The predicted molar refractivity (Wildman–Crippen MR) is 92.5 cm³/mol. The van der Waals surface area contributed by atoms with Crippen molar-refractivity contribution >= 4 is 49.2 Å². The highest BCUT2D eigenvalue weighted by atomic mass is 79.9. The quantitative estimate of drug-likeness (QED) is 0.762. The van der Waals surface area contributed by atoms with Crippen LogP contribution in [-0.2, 0) is 14.8 Å². The van der Waals surface area contributed by atoms with Crippen LogP contribution in [0.1, 0.15) is 15.9 Å². The molecule has 0 radical (unpaired) electrons. The molecule has 0 spiro atoms. The Bertz CT molecular complexity index is 868. The van der Waals surface area contributed by atoms with Crippen LogP contribution in [0.25, 0.3) is 0 Å². The van der Waals surface area contributed by atoms with E-state index in [1.807, 2.05) is 0 Å². The zero-order chi connectivity index (χ0) is 17.2. The summed E-state index contributed by atoms with van der Waals surface area (Å²) in [5.41, 5.74) is 0.986. The zero-order valence-electron chi connectivity index (χ0n) is 12.3. The maximum atomic E-state index is 12.6. The summed E-state index contributed by atoms with van der Waals surface area (Å²) in [5.74, 6) is -0.741. The van der Waals surface area contributed by atoms with Crippen LogP contribution in [0.2, 0.25) is 5.02 Å². The van der Waals surface area contributed by atoms with Gasteiger partial charge >= 0.3 is 5.97 Å². The summed E-state index contributed by atoms with van der Waals surface area (Å²) in [6.07, 6.45) is 0. The molecule has 2 aromatic rings. The van der Waals surface area contributed by atoms with Gasteiger partial charge in [-0.3, -0.25) is 4.72 Å². The summed E-state index contributed by atoms with van der Waals surface area (Å²) < 4.78 is 32.9. The van der Waals surface area contributed by atoms with Gasteiger partial charge in [0.1, 0.15) is 4.90 Å². The van der Waals surface area contributed by atoms with Crippen molar-refractivity contribution in [2.45, 2.75) is 11.8 Å². The minimum Gasteiger partial charge on any atom is -0.465 e. The van der Waals surface area contributed by atoms with Gasteiger partial charge in [0.05, 0.1) is 18.4 Å². The summed E-state index contributed by atoms with van der Waals surface area (Å²) in [4.78, 5) is 11.7. The molecule has 0 fully saturated rings. The van der Waals surface area contributed by atoms with Crippen LogP contribution in [0.15, 0.2) is 45.8 Å². The number of aryl methyl sites for hydroxylation is 1. The number of nitrogens with one attached hydrogen (secondary N) is 1. The molecule has 0 saturated carbocycles. The van der Waals surface area contributed by atoms with Crippen molar-refractivity contribution in [1.29, 1.82) is 0 Å². The van der Waals surface area contributed by atoms with E-state index >= 15 is 0 Å². The Morgan fingerprint density at radius 2 is 1.91 bits per heavy atom. The molecule has 0 aromatic heterocycles. The van der Waals surface area contributed by atoms with Crippen molar-refractivity contribution in [1.82, 2.24) is 0 Å². The third-order valence-electron chi connectivity index (χ3n) is 3.08. The van der Waals surface area contributed by atoms with Crippen LogP contribution in [0.4, 0.5) is 5.69 Å². The van der Waals surface area contributed by atoms with E-state index in [0.717, 1.165) is 0 Å². The summed E-state index contributed by atoms with van der Waals surface area (Å²) >= 11 is 9.11. The molecule has 0 amide bonds. The molecule has 0 aliphatic rings. The lowest BCUT2D eigenvalue weighted by Gasteiger charge is -2.13. The minimum atomic E-state index is -3.99. The van der Waals surface area contributed by atoms with E-state index < -0.39 is 16.0 Å². The van der Waals surface area contributed by atoms with Crippen LogP contribution in [0.5, 0.6) is 0 Å². The van der Waals surface area contributed by atoms with Gasteiger partial charge in [-0.05, 0) is 42.8 Å². The zero-order valence-corrected chi connectivity index (χ0v) is 15.4. The molecule has 0 bridgehead atoms. The van der Waals surface area contributed by atoms with Crippen molar-refractivity contribution in [2.75, 3.05) is 11.8 Å². The predicted octanol–water partition coefficient (Wildman–Crippen LogP) is 4.00. The van der Waals surface area contributed by atoms with Crippen LogP contribution < -0.4 is 4.72 Å².